The number of likely N-dealkylation sites (N-methyl/N-ethyl adjacent to an activating group) is 1. The number of aliphatic hydroxyl groups excluding tert-OH is 1. The molecule has 0 unspecified atom stereocenters. The van der Waals surface area contributed by atoms with Crippen molar-refractivity contribution >= 4 is 5.91 Å². The second-order valence-electron chi connectivity index (χ2n) is 7.17. The molecule has 2 saturated heterocycles. The number of amides is 1. The zero-order chi connectivity index (χ0) is 17.8. The van der Waals surface area contributed by atoms with Crippen molar-refractivity contribution in [2.75, 3.05) is 53.5 Å². The summed E-state index contributed by atoms with van der Waals surface area (Å²) in [6.07, 6.45) is 0.703. The summed E-state index contributed by atoms with van der Waals surface area (Å²) in [5.74, 6) is -0.0150. The number of benzene rings is 1. The molecular weight excluding hydrogens is 318 g/mol. The third-order valence-corrected chi connectivity index (χ3v) is 5.36. The van der Waals surface area contributed by atoms with Crippen molar-refractivity contribution in [3.05, 3.63) is 35.4 Å². The first-order valence-electron chi connectivity index (χ1n) is 9.05. The van der Waals surface area contributed by atoms with Gasteiger partial charge in [-0.25, -0.2) is 0 Å². The minimum Gasteiger partial charge on any atom is -0.394 e. The van der Waals surface area contributed by atoms with E-state index in [2.05, 4.69) is 22.9 Å². The molecule has 0 spiro atoms. The molecule has 1 aromatic rings. The van der Waals surface area contributed by atoms with Crippen molar-refractivity contribution in [3.8, 4) is 0 Å². The number of carbonyl (C=O) groups is 1. The van der Waals surface area contributed by atoms with Gasteiger partial charge in [0.2, 0.25) is 0 Å². The van der Waals surface area contributed by atoms with Gasteiger partial charge in [-0.1, -0.05) is 12.1 Å². The van der Waals surface area contributed by atoms with Gasteiger partial charge in [0.15, 0.2) is 0 Å². The third kappa shape index (κ3) is 4.39. The molecule has 25 heavy (non-hydrogen) atoms. The molecule has 6 heteroatoms. The molecule has 1 amide bonds. The molecule has 2 fully saturated rings. The smallest absolute Gasteiger partial charge is 0.254 e. The maximum atomic E-state index is 12.9. The number of hydrogen-bond acceptors (Lipinski definition) is 5. The number of hydrogen-bond donors (Lipinski definition) is 1. The van der Waals surface area contributed by atoms with Crippen molar-refractivity contribution in [1.29, 1.82) is 0 Å². The molecule has 0 radical (unpaired) electrons. The number of rotatable bonds is 5. The van der Waals surface area contributed by atoms with E-state index in [0.717, 1.165) is 32.7 Å². The van der Waals surface area contributed by atoms with E-state index in [9.17, 15) is 9.90 Å². The van der Waals surface area contributed by atoms with Gasteiger partial charge in [-0.05, 0) is 31.2 Å². The quantitative estimate of drug-likeness (QED) is 0.848. The molecule has 6 nitrogen and oxygen atoms in total. The second kappa shape index (κ2) is 8.27. The lowest BCUT2D eigenvalue weighted by Gasteiger charge is -2.32. The number of ether oxygens (including phenoxy) is 1. The molecule has 0 bridgehead atoms. The topological polar surface area (TPSA) is 56.3 Å². The lowest BCUT2D eigenvalue weighted by atomic mass is 10.1. The number of likely N-dealkylation sites (tertiary alicyclic amines) is 1. The van der Waals surface area contributed by atoms with Gasteiger partial charge in [0.25, 0.3) is 5.91 Å². The van der Waals surface area contributed by atoms with E-state index >= 15 is 0 Å². The van der Waals surface area contributed by atoms with Crippen molar-refractivity contribution in [2.24, 2.45) is 0 Å². The number of aliphatic hydroxyl groups is 1. The summed E-state index contributed by atoms with van der Waals surface area (Å²) < 4.78 is 5.38. The number of nitrogens with zero attached hydrogens (tertiary/aromatic N) is 3. The summed E-state index contributed by atoms with van der Waals surface area (Å²) >= 11 is 0. The fourth-order valence-corrected chi connectivity index (χ4v) is 3.70. The van der Waals surface area contributed by atoms with Crippen molar-refractivity contribution < 1.29 is 14.6 Å². The third-order valence-electron chi connectivity index (χ3n) is 5.36. The molecule has 2 aliphatic rings. The summed E-state index contributed by atoms with van der Waals surface area (Å²) in [5.41, 5.74) is 1.86. The predicted molar refractivity (Wildman–Crippen MR) is 96.5 cm³/mol. The maximum Gasteiger partial charge on any atom is 0.254 e. The predicted octanol–water partition coefficient (Wildman–Crippen LogP) is 0.656. The van der Waals surface area contributed by atoms with E-state index in [1.54, 1.807) is 12.0 Å². The van der Waals surface area contributed by atoms with Gasteiger partial charge >= 0.3 is 0 Å². The Morgan fingerprint density at radius 3 is 2.72 bits per heavy atom. The lowest BCUT2D eigenvalue weighted by Crippen LogP contribution is -2.43. The van der Waals surface area contributed by atoms with Crippen LogP contribution in [0.15, 0.2) is 24.3 Å². The van der Waals surface area contributed by atoms with Gasteiger partial charge in [0.1, 0.15) is 0 Å². The van der Waals surface area contributed by atoms with Crippen LogP contribution in [-0.2, 0) is 11.3 Å². The Morgan fingerprint density at radius 2 is 2.04 bits per heavy atom. The maximum absolute atomic E-state index is 12.9. The Balaban J connectivity index is 1.67. The molecule has 0 saturated carbocycles. The first-order chi connectivity index (χ1) is 12.1. The molecule has 0 aromatic heterocycles. The zero-order valence-corrected chi connectivity index (χ0v) is 15.2. The summed E-state index contributed by atoms with van der Waals surface area (Å²) in [4.78, 5) is 19.4. The first kappa shape index (κ1) is 18.3. The molecule has 1 aromatic carbocycles. The van der Waals surface area contributed by atoms with Gasteiger partial charge in [-0.3, -0.25) is 9.69 Å². The van der Waals surface area contributed by atoms with E-state index in [-0.39, 0.29) is 24.7 Å². The standard InChI is InChI=1S/C19H29N3O3/c1-20-6-8-21(9-7-20)12-15-4-3-5-16(10-15)19(24)22-13-18(25-2)11-17(22)14-23/h3-5,10,17-18,23H,6-9,11-14H2,1-2H3/t17-,18+/m0/s1. The highest BCUT2D eigenvalue weighted by Gasteiger charge is 2.35. The van der Waals surface area contributed by atoms with Crippen LogP contribution in [0.5, 0.6) is 0 Å². The van der Waals surface area contributed by atoms with E-state index in [1.807, 2.05) is 18.2 Å². The van der Waals surface area contributed by atoms with Crippen molar-refractivity contribution in [2.45, 2.75) is 25.1 Å². The van der Waals surface area contributed by atoms with Crippen LogP contribution in [0.3, 0.4) is 0 Å². The Hall–Kier alpha value is -1.47. The molecule has 1 N–H and O–H groups in total. The van der Waals surface area contributed by atoms with Gasteiger partial charge in [0.05, 0.1) is 18.8 Å². The molecule has 0 aliphatic carbocycles. The van der Waals surface area contributed by atoms with Crippen LogP contribution >= 0.6 is 0 Å². The zero-order valence-electron chi connectivity index (χ0n) is 15.2. The highest BCUT2D eigenvalue weighted by Crippen LogP contribution is 2.22. The Bertz CT molecular complexity index is 587. The Morgan fingerprint density at radius 1 is 1.28 bits per heavy atom. The molecular formula is C19H29N3O3. The minimum atomic E-state index is -0.154. The largest absolute Gasteiger partial charge is 0.394 e. The Kier molecular flexibility index (Phi) is 6.06. The average molecular weight is 347 g/mol. The van der Waals surface area contributed by atoms with Crippen LogP contribution < -0.4 is 0 Å². The number of methoxy groups -OCH3 is 1. The van der Waals surface area contributed by atoms with Gasteiger partial charge in [-0.2, -0.15) is 0 Å². The van der Waals surface area contributed by atoms with Crippen LogP contribution in [0.4, 0.5) is 0 Å². The summed E-state index contributed by atoms with van der Waals surface area (Å²) in [5, 5.41) is 9.58. The monoisotopic (exact) mass is 347 g/mol. The van der Waals surface area contributed by atoms with Crippen LogP contribution in [0.1, 0.15) is 22.3 Å². The highest BCUT2D eigenvalue weighted by atomic mass is 16.5. The van der Waals surface area contributed by atoms with Crippen LogP contribution in [0.25, 0.3) is 0 Å². The van der Waals surface area contributed by atoms with Crippen LogP contribution in [0.2, 0.25) is 0 Å². The van der Waals surface area contributed by atoms with E-state index in [0.29, 0.717) is 18.5 Å². The fraction of sp³-hybridized carbons (Fsp3) is 0.632. The van der Waals surface area contributed by atoms with E-state index < -0.39 is 0 Å². The molecule has 2 aliphatic heterocycles. The summed E-state index contributed by atoms with van der Waals surface area (Å²) in [6.45, 7) is 5.69. The lowest BCUT2D eigenvalue weighted by molar-refractivity contribution is 0.0647. The van der Waals surface area contributed by atoms with Gasteiger partial charge < -0.3 is 19.6 Å². The average Bonchev–Trinajstić information content (AvgIpc) is 3.07. The minimum absolute atomic E-state index is 0.00891. The number of piperazine rings is 1. The van der Waals surface area contributed by atoms with Crippen LogP contribution in [0, 0.1) is 0 Å². The van der Waals surface area contributed by atoms with Crippen molar-refractivity contribution in [1.82, 2.24) is 14.7 Å². The molecule has 3 rings (SSSR count). The van der Waals surface area contributed by atoms with Gasteiger partial charge in [0, 0.05) is 51.9 Å². The molecule has 2 atom stereocenters. The van der Waals surface area contributed by atoms with E-state index in [4.69, 9.17) is 4.74 Å². The van der Waals surface area contributed by atoms with Crippen LogP contribution in [-0.4, -0.2) is 91.3 Å². The number of carbonyl (C=O) groups excluding carboxylic acids is 1. The molecule has 138 valence electrons. The molecule has 2 heterocycles. The highest BCUT2D eigenvalue weighted by molar-refractivity contribution is 5.94. The Labute approximate surface area is 150 Å². The summed E-state index contributed by atoms with van der Waals surface area (Å²) in [7, 11) is 3.81. The first-order valence-corrected chi connectivity index (χ1v) is 9.05. The fourth-order valence-electron chi connectivity index (χ4n) is 3.70. The second-order valence-corrected chi connectivity index (χ2v) is 7.17. The normalized spacial score (nSPS) is 25.5. The summed E-state index contributed by atoms with van der Waals surface area (Å²) in [6, 6.07) is 7.75. The SMILES string of the molecule is CO[C@@H]1C[C@@H](CO)N(C(=O)c2cccc(CN3CCN(C)CC3)c2)C1. The van der Waals surface area contributed by atoms with Crippen molar-refractivity contribution in [3.63, 3.8) is 0 Å². The van der Waals surface area contributed by atoms with Gasteiger partial charge in [-0.15, -0.1) is 0 Å². The van der Waals surface area contributed by atoms with E-state index in [1.165, 1.54) is 5.56 Å².